The Balaban J connectivity index is 2.02. The molecule has 1 fully saturated rings. The zero-order valence-corrected chi connectivity index (χ0v) is 11.8. The van der Waals surface area contributed by atoms with E-state index >= 15 is 0 Å². The zero-order valence-electron chi connectivity index (χ0n) is 11.8. The fourth-order valence-corrected chi connectivity index (χ4v) is 3.72. The van der Waals surface area contributed by atoms with Crippen molar-refractivity contribution in [3.63, 3.8) is 0 Å². The molecule has 2 aliphatic rings. The first kappa shape index (κ1) is 12.1. The topological polar surface area (TPSA) is 29.5 Å². The highest BCUT2D eigenvalue weighted by Crippen LogP contribution is 2.59. The predicted molar refractivity (Wildman–Crippen MR) is 78.1 cm³/mol. The van der Waals surface area contributed by atoms with E-state index < -0.39 is 11.9 Å². The molecule has 1 N–H and O–H groups in total. The van der Waals surface area contributed by atoms with E-state index in [1.54, 1.807) is 0 Å². The molecular formula is C18H18O2. The van der Waals surface area contributed by atoms with Gasteiger partial charge in [-0.3, -0.25) is 0 Å². The van der Waals surface area contributed by atoms with Crippen LogP contribution in [0.3, 0.4) is 0 Å². The van der Waals surface area contributed by atoms with Crippen molar-refractivity contribution in [1.82, 2.24) is 0 Å². The SMILES string of the molecule is CC1(C)CC2(OC1O)c1ccccc1-c1ccccc12. The summed E-state index contributed by atoms with van der Waals surface area (Å²) in [5.41, 5.74) is 4.10. The molecule has 1 unspecified atom stereocenters. The second-order valence-corrected chi connectivity index (χ2v) is 6.55. The molecule has 1 aliphatic heterocycles. The molecule has 2 aromatic carbocycles. The molecule has 1 saturated heterocycles. The molecule has 1 spiro atoms. The summed E-state index contributed by atoms with van der Waals surface area (Å²) in [7, 11) is 0. The standard InChI is InChI=1S/C18H18O2/c1-17(2)11-18(20-16(17)19)14-9-5-3-7-12(14)13-8-4-6-10-15(13)18/h3-10,16,19H,11H2,1-2H3. The lowest BCUT2D eigenvalue weighted by Gasteiger charge is -2.26. The Labute approximate surface area is 119 Å². The second kappa shape index (κ2) is 3.72. The van der Waals surface area contributed by atoms with Gasteiger partial charge in [0.15, 0.2) is 6.29 Å². The van der Waals surface area contributed by atoms with E-state index in [1.165, 1.54) is 22.3 Å². The van der Waals surface area contributed by atoms with E-state index in [2.05, 4.69) is 50.2 Å². The van der Waals surface area contributed by atoms with Crippen LogP contribution in [0.4, 0.5) is 0 Å². The maximum Gasteiger partial charge on any atom is 0.161 e. The minimum Gasteiger partial charge on any atom is -0.367 e. The summed E-state index contributed by atoms with van der Waals surface area (Å²) in [6, 6.07) is 16.8. The number of aliphatic hydroxyl groups excluding tert-OH is 1. The normalized spacial score (nSPS) is 24.6. The Hall–Kier alpha value is -1.64. The number of aliphatic hydroxyl groups is 1. The molecule has 0 radical (unpaired) electrons. The molecule has 4 rings (SSSR count). The Kier molecular flexibility index (Phi) is 2.25. The number of hydrogen-bond acceptors (Lipinski definition) is 2. The van der Waals surface area contributed by atoms with E-state index in [0.717, 1.165) is 6.42 Å². The zero-order chi connectivity index (χ0) is 14.0. The van der Waals surface area contributed by atoms with Crippen LogP contribution >= 0.6 is 0 Å². The molecular weight excluding hydrogens is 248 g/mol. The average Bonchev–Trinajstić information content (AvgIpc) is 2.84. The molecule has 0 bridgehead atoms. The molecule has 2 heteroatoms. The van der Waals surface area contributed by atoms with Crippen molar-refractivity contribution < 1.29 is 9.84 Å². The van der Waals surface area contributed by atoms with Gasteiger partial charge in [0, 0.05) is 5.41 Å². The Morgan fingerprint density at radius 3 is 1.90 bits per heavy atom. The van der Waals surface area contributed by atoms with Crippen LogP contribution in [-0.2, 0) is 10.3 Å². The predicted octanol–water partition coefficient (Wildman–Crippen LogP) is 3.68. The molecule has 0 saturated carbocycles. The van der Waals surface area contributed by atoms with Crippen LogP contribution < -0.4 is 0 Å². The highest BCUT2D eigenvalue weighted by molar-refractivity contribution is 5.80. The van der Waals surface area contributed by atoms with Crippen LogP contribution in [0.15, 0.2) is 48.5 Å². The van der Waals surface area contributed by atoms with Gasteiger partial charge in [0.25, 0.3) is 0 Å². The fourth-order valence-electron chi connectivity index (χ4n) is 3.72. The molecule has 1 atom stereocenters. The van der Waals surface area contributed by atoms with Gasteiger partial charge >= 0.3 is 0 Å². The largest absolute Gasteiger partial charge is 0.367 e. The Morgan fingerprint density at radius 1 is 0.950 bits per heavy atom. The van der Waals surface area contributed by atoms with Gasteiger partial charge < -0.3 is 9.84 Å². The van der Waals surface area contributed by atoms with Crippen LogP contribution in [0.5, 0.6) is 0 Å². The third kappa shape index (κ3) is 1.36. The summed E-state index contributed by atoms with van der Waals surface area (Å²) in [6.07, 6.45) is 0.0663. The van der Waals surface area contributed by atoms with Crippen LogP contribution in [-0.4, -0.2) is 11.4 Å². The van der Waals surface area contributed by atoms with Gasteiger partial charge in [-0.15, -0.1) is 0 Å². The maximum atomic E-state index is 10.3. The first-order chi connectivity index (χ1) is 9.55. The van der Waals surface area contributed by atoms with Gasteiger partial charge in [-0.25, -0.2) is 0 Å². The minimum atomic E-state index is -0.735. The summed E-state index contributed by atoms with van der Waals surface area (Å²) in [4.78, 5) is 0. The summed E-state index contributed by atoms with van der Waals surface area (Å²) in [5.74, 6) is 0. The highest BCUT2D eigenvalue weighted by Gasteiger charge is 2.56. The van der Waals surface area contributed by atoms with Gasteiger partial charge in [-0.05, 0) is 28.7 Å². The summed E-state index contributed by atoms with van der Waals surface area (Å²) >= 11 is 0. The minimum absolute atomic E-state index is 0.245. The van der Waals surface area contributed by atoms with Gasteiger partial charge in [-0.2, -0.15) is 0 Å². The number of fused-ring (bicyclic) bond motifs is 5. The molecule has 2 nitrogen and oxygen atoms in total. The molecule has 1 aliphatic carbocycles. The van der Waals surface area contributed by atoms with E-state index in [-0.39, 0.29) is 5.41 Å². The smallest absolute Gasteiger partial charge is 0.161 e. The number of hydrogen-bond donors (Lipinski definition) is 1. The molecule has 1 heterocycles. The van der Waals surface area contributed by atoms with Crippen molar-refractivity contribution in [3.8, 4) is 11.1 Å². The number of ether oxygens (including phenoxy) is 1. The lowest BCUT2D eigenvalue weighted by molar-refractivity contribution is -0.150. The molecule has 0 amide bonds. The van der Waals surface area contributed by atoms with Crippen molar-refractivity contribution in [2.24, 2.45) is 5.41 Å². The first-order valence-corrected chi connectivity index (χ1v) is 7.10. The van der Waals surface area contributed by atoms with Gasteiger partial charge in [0.1, 0.15) is 5.60 Å². The quantitative estimate of drug-likeness (QED) is 0.788. The third-order valence-corrected chi connectivity index (χ3v) is 4.70. The lowest BCUT2D eigenvalue weighted by Crippen LogP contribution is -2.25. The second-order valence-electron chi connectivity index (χ2n) is 6.55. The van der Waals surface area contributed by atoms with Gasteiger partial charge in [0.05, 0.1) is 0 Å². The van der Waals surface area contributed by atoms with E-state index in [0.29, 0.717) is 0 Å². The Bertz CT molecular complexity index is 642. The van der Waals surface area contributed by atoms with E-state index in [1.807, 2.05) is 12.1 Å². The summed E-state index contributed by atoms with van der Waals surface area (Å²) < 4.78 is 6.13. The summed E-state index contributed by atoms with van der Waals surface area (Å²) in [6.45, 7) is 4.13. The maximum absolute atomic E-state index is 10.3. The fraction of sp³-hybridized carbons (Fsp3) is 0.333. The number of benzene rings is 2. The molecule has 2 aromatic rings. The average molecular weight is 266 g/mol. The van der Waals surface area contributed by atoms with Crippen LogP contribution in [0.1, 0.15) is 31.4 Å². The number of rotatable bonds is 0. The lowest BCUT2D eigenvalue weighted by atomic mass is 9.79. The third-order valence-electron chi connectivity index (χ3n) is 4.70. The van der Waals surface area contributed by atoms with Crippen molar-refractivity contribution in [2.45, 2.75) is 32.2 Å². The molecule has 102 valence electrons. The molecule has 20 heavy (non-hydrogen) atoms. The van der Waals surface area contributed by atoms with Crippen molar-refractivity contribution in [1.29, 1.82) is 0 Å². The monoisotopic (exact) mass is 266 g/mol. The first-order valence-electron chi connectivity index (χ1n) is 7.10. The van der Waals surface area contributed by atoms with Crippen LogP contribution in [0.25, 0.3) is 11.1 Å². The summed E-state index contributed by atoms with van der Waals surface area (Å²) in [5, 5.41) is 10.3. The van der Waals surface area contributed by atoms with E-state index in [9.17, 15) is 5.11 Å². The van der Waals surface area contributed by atoms with Crippen LogP contribution in [0.2, 0.25) is 0 Å². The Morgan fingerprint density at radius 2 is 1.45 bits per heavy atom. The van der Waals surface area contributed by atoms with Gasteiger partial charge in [-0.1, -0.05) is 62.4 Å². The van der Waals surface area contributed by atoms with Crippen LogP contribution in [0, 0.1) is 5.41 Å². The van der Waals surface area contributed by atoms with Crippen molar-refractivity contribution in [2.75, 3.05) is 0 Å². The van der Waals surface area contributed by atoms with E-state index in [4.69, 9.17) is 4.74 Å². The van der Waals surface area contributed by atoms with Crippen molar-refractivity contribution >= 4 is 0 Å². The highest BCUT2D eigenvalue weighted by atomic mass is 16.6. The molecule has 0 aromatic heterocycles. The van der Waals surface area contributed by atoms with Gasteiger partial charge in [0.2, 0.25) is 0 Å². The van der Waals surface area contributed by atoms with Crippen molar-refractivity contribution in [3.05, 3.63) is 59.7 Å².